The Hall–Kier alpha value is -2.03. The fourth-order valence-electron chi connectivity index (χ4n) is 2.35. The first-order valence-corrected chi connectivity index (χ1v) is 7.63. The maximum absolute atomic E-state index is 12.6. The Kier molecular flexibility index (Phi) is 6.82. The van der Waals surface area contributed by atoms with E-state index in [0.717, 1.165) is 0 Å². The number of aromatic amines is 1. The van der Waals surface area contributed by atoms with Gasteiger partial charge in [-0.05, 0) is 30.7 Å². The van der Waals surface area contributed by atoms with Crippen LogP contribution in [0.4, 0.5) is 23.7 Å². The summed E-state index contributed by atoms with van der Waals surface area (Å²) in [6.45, 7) is 4.06. The number of aliphatic hydroxyl groups is 1. The minimum atomic E-state index is -4.63. The molecule has 4 N–H and O–H groups in total. The zero-order valence-corrected chi connectivity index (χ0v) is 13.6. The molecule has 0 atom stereocenters. The highest BCUT2D eigenvalue weighted by Crippen LogP contribution is 2.30. The molecule has 2 amide bonds. The first-order valence-electron chi connectivity index (χ1n) is 7.63. The molecule has 0 fully saturated rings. The van der Waals surface area contributed by atoms with E-state index >= 15 is 0 Å². The van der Waals surface area contributed by atoms with Gasteiger partial charge in [-0.1, -0.05) is 13.8 Å². The first-order chi connectivity index (χ1) is 11.2. The third-order valence-electron chi connectivity index (χ3n) is 4.24. The lowest BCUT2D eigenvalue weighted by molar-refractivity contribution is -0.137. The lowest BCUT2D eigenvalue weighted by Crippen LogP contribution is -2.40. The van der Waals surface area contributed by atoms with Crippen molar-refractivity contribution in [3.8, 4) is 0 Å². The van der Waals surface area contributed by atoms with Gasteiger partial charge in [-0.15, -0.1) is 0 Å². The number of aliphatic hydroxyl groups excluding tert-OH is 1. The number of carbonyl (C=O) groups excluding carboxylic acids is 1. The lowest BCUT2D eigenvalue weighted by Gasteiger charge is -2.31. The van der Waals surface area contributed by atoms with Gasteiger partial charge in [-0.3, -0.25) is 4.79 Å². The SMILES string of the molecule is CCC(CC)(CCO)CNC(=O)Nc1cc(C(F)(F)F)c[nH]c1=O. The van der Waals surface area contributed by atoms with Crippen LogP contribution in [0.2, 0.25) is 0 Å². The van der Waals surface area contributed by atoms with Crippen molar-refractivity contribution in [1.29, 1.82) is 0 Å². The highest BCUT2D eigenvalue weighted by atomic mass is 19.4. The molecular weight excluding hydrogens is 327 g/mol. The van der Waals surface area contributed by atoms with Gasteiger partial charge in [-0.25, -0.2) is 4.79 Å². The van der Waals surface area contributed by atoms with Crippen molar-refractivity contribution in [2.75, 3.05) is 18.5 Å². The van der Waals surface area contributed by atoms with E-state index in [4.69, 9.17) is 5.11 Å². The second-order valence-corrected chi connectivity index (χ2v) is 5.62. The molecule has 24 heavy (non-hydrogen) atoms. The molecule has 0 aliphatic heterocycles. The van der Waals surface area contributed by atoms with Gasteiger partial charge in [0.1, 0.15) is 5.69 Å². The number of urea groups is 1. The van der Waals surface area contributed by atoms with E-state index in [0.29, 0.717) is 31.5 Å². The van der Waals surface area contributed by atoms with Crippen molar-refractivity contribution in [3.63, 3.8) is 0 Å². The highest BCUT2D eigenvalue weighted by molar-refractivity contribution is 5.89. The van der Waals surface area contributed by atoms with E-state index in [2.05, 4.69) is 10.6 Å². The van der Waals surface area contributed by atoms with Gasteiger partial charge in [-0.2, -0.15) is 13.2 Å². The molecule has 0 saturated carbocycles. The smallest absolute Gasteiger partial charge is 0.396 e. The zero-order valence-electron chi connectivity index (χ0n) is 13.6. The number of rotatable bonds is 7. The number of hydrogen-bond donors (Lipinski definition) is 4. The highest BCUT2D eigenvalue weighted by Gasteiger charge is 2.31. The normalized spacial score (nSPS) is 12.1. The minimum absolute atomic E-state index is 0.0295. The molecule has 9 heteroatoms. The van der Waals surface area contributed by atoms with Gasteiger partial charge in [0.25, 0.3) is 5.56 Å². The summed E-state index contributed by atoms with van der Waals surface area (Å²) in [5.41, 5.74) is -2.67. The van der Waals surface area contributed by atoms with Gasteiger partial charge in [0.15, 0.2) is 0 Å². The summed E-state index contributed by atoms with van der Waals surface area (Å²) < 4.78 is 37.9. The van der Waals surface area contributed by atoms with Crippen molar-refractivity contribution in [2.45, 2.75) is 39.3 Å². The molecule has 1 heterocycles. The van der Waals surface area contributed by atoms with E-state index in [-0.39, 0.29) is 18.6 Å². The number of carbonyl (C=O) groups is 1. The average Bonchev–Trinajstić information content (AvgIpc) is 2.52. The topological polar surface area (TPSA) is 94.2 Å². The van der Waals surface area contributed by atoms with Crippen LogP contribution in [0.3, 0.4) is 0 Å². The summed E-state index contributed by atoms with van der Waals surface area (Å²) in [5.74, 6) is 0. The number of aromatic nitrogens is 1. The summed E-state index contributed by atoms with van der Waals surface area (Å²) in [7, 11) is 0. The summed E-state index contributed by atoms with van der Waals surface area (Å²) in [4.78, 5) is 25.4. The molecule has 0 saturated heterocycles. The Balaban J connectivity index is 2.80. The van der Waals surface area contributed by atoms with Crippen LogP contribution in [0.25, 0.3) is 0 Å². The van der Waals surface area contributed by atoms with Crippen LogP contribution in [0.1, 0.15) is 38.7 Å². The van der Waals surface area contributed by atoms with Gasteiger partial charge in [0.2, 0.25) is 0 Å². The summed E-state index contributed by atoms with van der Waals surface area (Å²) >= 11 is 0. The number of nitrogens with one attached hydrogen (secondary N) is 3. The van der Waals surface area contributed by atoms with E-state index in [1.54, 1.807) is 0 Å². The number of halogens is 3. The van der Waals surface area contributed by atoms with Crippen molar-refractivity contribution in [3.05, 3.63) is 28.2 Å². The number of alkyl halides is 3. The largest absolute Gasteiger partial charge is 0.417 e. The van der Waals surface area contributed by atoms with Crippen LogP contribution in [0.15, 0.2) is 17.1 Å². The summed E-state index contributed by atoms with van der Waals surface area (Å²) in [6.07, 6.45) is -2.16. The standard InChI is InChI=1S/C15H22F3N3O3/c1-3-14(4-2,5-6-22)9-20-13(24)21-11-7-10(15(16,17)18)8-19-12(11)23/h7-8,22H,3-6,9H2,1-2H3,(H,19,23)(H2,20,21,24). The number of pyridine rings is 1. The zero-order chi connectivity index (χ0) is 18.4. The van der Waals surface area contributed by atoms with E-state index in [1.165, 1.54) is 0 Å². The molecule has 0 aliphatic carbocycles. The van der Waals surface area contributed by atoms with Gasteiger partial charge in [0.05, 0.1) is 5.56 Å². The van der Waals surface area contributed by atoms with Gasteiger partial charge >= 0.3 is 12.2 Å². The Labute approximate surface area is 137 Å². The third kappa shape index (κ3) is 5.26. The fraction of sp³-hybridized carbons (Fsp3) is 0.600. The molecule has 0 bridgehead atoms. The first kappa shape index (κ1) is 20.0. The molecule has 136 valence electrons. The maximum Gasteiger partial charge on any atom is 0.417 e. The minimum Gasteiger partial charge on any atom is -0.396 e. The molecule has 0 spiro atoms. The third-order valence-corrected chi connectivity index (χ3v) is 4.24. The predicted octanol–water partition coefficient (Wildman–Crippen LogP) is 2.70. The molecule has 1 aromatic heterocycles. The van der Waals surface area contributed by atoms with Crippen LogP contribution >= 0.6 is 0 Å². The Morgan fingerprint density at radius 1 is 1.29 bits per heavy atom. The Morgan fingerprint density at radius 3 is 2.42 bits per heavy atom. The van der Waals surface area contributed by atoms with Gasteiger partial charge in [0, 0.05) is 19.3 Å². The molecule has 0 radical (unpaired) electrons. The quantitative estimate of drug-likeness (QED) is 0.610. The van der Waals surface area contributed by atoms with E-state index < -0.39 is 29.0 Å². The van der Waals surface area contributed by atoms with Crippen molar-refractivity contribution in [1.82, 2.24) is 10.3 Å². The molecule has 0 unspecified atom stereocenters. The van der Waals surface area contributed by atoms with Crippen LogP contribution in [0.5, 0.6) is 0 Å². The van der Waals surface area contributed by atoms with Crippen molar-refractivity contribution >= 4 is 11.7 Å². The fourth-order valence-corrected chi connectivity index (χ4v) is 2.35. The number of amides is 2. The summed E-state index contributed by atoms with van der Waals surface area (Å²) in [6, 6.07) is -0.192. The van der Waals surface area contributed by atoms with Crippen molar-refractivity contribution < 1.29 is 23.1 Å². The molecule has 0 aliphatic rings. The molecule has 6 nitrogen and oxygen atoms in total. The second-order valence-electron chi connectivity index (χ2n) is 5.62. The number of anilines is 1. The van der Waals surface area contributed by atoms with Gasteiger partial charge < -0.3 is 20.7 Å². The molecule has 1 rings (SSSR count). The number of H-pyrrole nitrogens is 1. The van der Waals surface area contributed by atoms with Crippen LogP contribution in [0, 0.1) is 5.41 Å². The summed E-state index contributed by atoms with van der Waals surface area (Å²) in [5, 5.41) is 13.8. The maximum atomic E-state index is 12.6. The molecule has 1 aromatic rings. The number of hydrogen-bond acceptors (Lipinski definition) is 3. The van der Waals surface area contributed by atoms with Crippen LogP contribution in [-0.4, -0.2) is 29.3 Å². The average molecular weight is 349 g/mol. The molecular formula is C15H22F3N3O3. The second kappa shape index (κ2) is 8.18. The van der Waals surface area contributed by atoms with E-state index in [1.807, 2.05) is 18.8 Å². The monoisotopic (exact) mass is 349 g/mol. The Bertz CT molecular complexity index is 610. The van der Waals surface area contributed by atoms with E-state index in [9.17, 15) is 22.8 Å². The molecule has 0 aromatic carbocycles. The van der Waals surface area contributed by atoms with Crippen molar-refractivity contribution in [2.24, 2.45) is 5.41 Å². The van der Waals surface area contributed by atoms with Crippen LogP contribution < -0.4 is 16.2 Å². The lowest BCUT2D eigenvalue weighted by atomic mass is 9.79. The predicted molar refractivity (Wildman–Crippen MR) is 83.8 cm³/mol. The van der Waals surface area contributed by atoms with Crippen LogP contribution in [-0.2, 0) is 6.18 Å². The Morgan fingerprint density at radius 2 is 1.92 bits per heavy atom.